The minimum atomic E-state index is 0.0281. The van der Waals surface area contributed by atoms with Gasteiger partial charge in [0.25, 0.3) is 5.91 Å². The first-order chi connectivity index (χ1) is 13.6. The van der Waals surface area contributed by atoms with Crippen molar-refractivity contribution >= 4 is 5.91 Å². The third-order valence-electron chi connectivity index (χ3n) is 5.27. The van der Waals surface area contributed by atoms with Crippen LogP contribution in [0.5, 0.6) is 11.5 Å². The van der Waals surface area contributed by atoms with Crippen molar-refractivity contribution in [2.75, 3.05) is 39.9 Å². The van der Waals surface area contributed by atoms with Crippen LogP contribution in [-0.2, 0) is 11.3 Å². The monoisotopic (exact) mass is 382 g/mol. The summed E-state index contributed by atoms with van der Waals surface area (Å²) in [4.78, 5) is 17.0. The van der Waals surface area contributed by atoms with Crippen LogP contribution in [0.4, 0.5) is 0 Å². The molecule has 0 aromatic heterocycles. The maximum atomic E-state index is 12.7. The van der Waals surface area contributed by atoms with Crippen molar-refractivity contribution in [3.63, 3.8) is 0 Å². The average molecular weight is 383 g/mol. The highest BCUT2D eigenvalue weighted by molar-refractivity contribution is 5.78. The summed E-state index contributed by atoms with van der Waals surface area (Å²) in [6.45, 7) is 8.52. The first-order valence-corrected chi connectivity index (χ1v) is 9.89. The third-order valence-corrected chi connectivity index (χ3v) is 5.27. The number of aryl methyl sites for hydroxylation is 2. The minimum absolute atomic E-state index is 0.0281. The second-order valence-electron chi connectivity index (χ2n) is 7.38. The van der Waals surface area contributed by atoms with Gasteiger partial charge in [-0.25, -0.2) is 0 Å². The SMILES string of the molecule is COc1cc(C)ccc1OCC(=O)N1CCCN(Cc2ccccc2C)CC1. The number of carbonyl (C=O) groups is 1. The molecule has 0 spiro atoms. The summed E-state index contributed by atoms with van der Waals surface area (Å²) in [6, 6.07) is 14.2. The molecule has 0 N–H and O–H groups in total. The molecule has 1 fully saturated rings. The van der Waals surface area contributed by atoms with Gasteiger partial charge in [-0.05, 0) is 49.1 Å². The molecule has 1 amide bonds. The molecule has 0 radical (unpaired) electrons. The molecule has 0 aliphatic carbocycles. The molecule has 28 heavy (non-hydrogen) atoms. The summed E-state index contributed by atoms with van der Waals surface area (Å²) >= 11 is 0. The lowest BCUT2D eigenvalue weighted by atomic mass is 10.1. The zero-order chi connectivity index (χ0) is 19.9. The van der Waals surface area contributed by atoms with Crippen molar-refractivity contribution < 1.29 is 14.3 Å². The zero-order valence-electron chi connectivity index (χ0n) is 17.1. The Morgan fingerprint density at radius 1 is 1.00 bits per heavy atom. The van der Waals surface area contributed by atoms with Gasteiger partial charge in [-0.2, -0.15) is 0 Å². The molecule has 2 aromatic carbocycles. The van der Waals surface area contributed by atoms with Crippen LogP contribution < -0.4 is 9.47 Å². The Morgan fingerprint density at radius 2 is 1.82 bits per heavy atom. The van der Waals surface area contributed by atoms with Gasteiger partial charge in [0.15, 0.2) is 18.1 Å². The van der Waals surface area contributed by atoms with Crippen molar-refractivity contribution in [3.8, 4) is 11.5 Å². The van der Waals surface area contributed by atoms with E-state index in [-0.39, 0.29) is 12.5 Å². The Labute approximate surface area is 167 Å². The second-order valence-corrected chi connectivity index (χ2v) is 7.38. The van der Waals surface area contributed by atoms with E-state index in [1.807, 2.05) is 30.0 Å². The molecule has 1 aliphatic rings. The van der Waals surface area contributed by atoms with Crippen LogP contribution in [0.2, 0.25) is 0 Å². The van der Waals surface area contributed by atoms with Crippen LogP contribution in [0.1, 0.15) is 23.1 Å². The van der Waals surface area contributed by atoms with Gasteiger partial charge < -0.3 is 14.4 Å². The van der Waals surface area contributed by atoms with Crippen LogP contribution in [0.25, 0.3) is 0 Å². The number of carbonyl (C=O) groups excluding carboxylic acids is 1. The van der Waals surface area contributed by atoms with Gasteiger partial charge in [0.2, 0.25) is 0 Å². The van der Waals surface area contributed by atoms with Crippen LogP contribution >= 0.6 is 0 Å². The molecule has 5 heteroatoms. The maximum Gasteiger partial charge on any atom is 0.260 e. The summed E-state index contributed by atoms with van der Waals surface area (Å²) in [5.41, 5.74) is 3.77. The van der Waals surface area contributed by atoms with Crippen LogP contribution in [0, 0.1) is 13.8 Å². The molecule has 5 nitrogen and oxygen atoms in total. The lowest BCUT2D eigenvalue weighted by Crippen LogP contribution is -2.38. The topological polar surface area (TPSA) is 42.0 Å². The number of ether oxygens (including phenoxy) is 2. The third kappa shape index (κ3) is 5.26. The Morgan fingerprint density at radius 3 is 2.61 bits per heavy atom. The lowest BCUT2D eigenvalue weighted by molar-refractivity contribution is -0.133. The highest BCUT2D eigenvalue weighted by atomic mass is 16.5. The van der Waals surface area contributed by atoms with E-state index in [9.17, 15) is 4.79 Å². The molecule has 0 saturated carbocycles. The Kier molecular flexibility index (Phi) is 6.93. The molecule has 150 valence electrons. The minimum Gasteiger partial charge on any atom is -0.493 e. The van der Waals surface area contributed by atoms with Gasteiger partial charge in [-0.1, -0.05) is 30.3 Å². The fraction of sp³-hybridized carbons (Fsp3) is 0.435. The number of benzene rings is 2. The normalized spacial score (nSPS) is 15.2. The van der Waals surface area contributed by atoms with Gasteiger partial charge in [0, 0.05) is 32.7 Å². The molecule has 1 heterocycles. The van der Waals surface area contributed by atoms with Gasteiger partial charge >= 0.3 is 0 Å². The molecule has 0 unspecified atom stereocenters. The van der Waals surface area contributed by atoms with Gasteiger partial charge in [0.05, 0.1) is 7.11 Å². The van der Waals surface area contributed by atoms with E-state index in [2.05, 4.69) is 36.1 Å². The second kappa shape index (κ2) is 9.60. The summed E-state index contributed by atoms with van der Waals surface area (Å²) < 4.78 is 11.1. The Bertz CT molecular complexity index is 806. The van der Waals surface area contributed by atoms with Gasteiger partial charge in [-0.15, -0.1) is 0 Å². The summed E-state index contributed by atoms with van der Waals surface area (Å²) in [6.07, 6.45) is 0.978. The van der Waals surface area contributed by atoms with Gasteiger partial charge in [0.1, 0.15) is 0 Å². The molecular weight excluding hydrogens is 352 g/mol. The number of rotatable bonds is 6. The summed E-state index contributed by atoms with van der Waals surface area (Å²) in [5.74, 6) is 1.30. The van der Waals surface area contributed by atoms with Crippen molar-refractivity contribution in [2.24, 2.45) is 0 Å². The molecule has 1 saturated heterocycles. The van der Waals surface area contributed by atoms with Gasteiger partial charge in [-0.3, -0.25) is 9.69 Å². The maximum absolute atomic E-state index is 12.7. The molecule has 3 rings (SSSR count). The Balaban J connectivity index is 1.52. The first-order valence-electron chi connectivity index (χ1n) is 9.89. The van der Waals surface area contributed by atoms with E-state index >= 15 is 0 Å². The van der Waals surface area contributed by atoms with E-state index in [1.54, 1.807) is 7.11 Å². The van der Waals surface area contributed by atoms with E-state index in [0.29, 0.717) is 11.5 Å². The van der Waals surface area contributed by atoms with Crippen LogP contribution in [-0.4, -0.2) is 55.6 Å². The fourth-order valence-corrected chi connectivity index (χ4v) is 3.53. The van der Waals surface area contributed by atoms with E-state index in [0.717, 1.165) is 44.7 Å². The Hall–Kier alpha value is -2.53. The van der Waals surface area contributed by atoms with Crippen molar-refractivity contribution in [1.29, 1.82) is 0 Å². The lowest BCUT2D eigenvalue weighted by Gasteiger charge is -2.23. The quantitative estimate of drug-likeness (QED) is 0.768. The predicted octanol–water partition coefficient (Wildman–Crippen LogP) is 3.43. The smallest absolute Gasteiger partial charge is 0.260 e. The molecule has 1 aliphatic heterocycles. The number of methoxy groups -OCH3 is 1. The molecular formula is C23H30N2O3. The summed E-state index contributed by atoms with van der Waals surface area (Å²) in [5, 5.41) is 0. The highest BCUT2D eigenvalue weighted by Crippen LogP contribution is 2.27. The standard InChI is InChI=1S/C23H30N2O3/c1-18-9-10-21(22(15-18)27-3)28-17-23(26)25-12-6-11-24(13-14-25)16-20-8-5-4-7-19(20)2/h4-5,7-10,15H,6,11-14,16-17H2,1-3H3. The van der Waals surface area contributed by atoms with Crippen molar-refractivity contribution in [1.82, 2.24) is 9.80 Å². The van der Waals surface area contributed by atoms with E-state index in [1.165, 1.54) is 11.1 Å². The highest BCUT2D eigenvalue weighted by Gasteiger charge is 2.20. The number of amides is 1. The average Bonchev–Trinajstić information content (AvgIpc) is 2.94. The zero-order valence-corrected chi connectivity index (χ0v) is 17.1. The predicted molar refractivity (Wildman–Crippen MR) is 111 cm³/mol. The summed E-state index contributed by atoms with van der Waals surface area (Å²) in [7, 11) is 1.61. The molecule has 0 bridgehead atoms. The van der Waals surface area contributed by atoms with Crippen molar-refractivity contribution in [3.05, 3.63) is 59.2 Å². The first kappa shape index (κ1) is 20.2. The largest absolute Gasteiger partial charge is 0.493 e. The van der Waals surface area contributed by atoms with E-state index in [4.69, 9.17) is 9.47 Å². The van der Waals surface area contributed by atoms with Crippen LogP contribution in [0.15, 0.2) is 42.5 Å². The molecule has 0 atom stereocenters. The fourth-order valence-electron chi connectivity index (χ4n) is 3.53. The number of hydrogen-bond acceptors (Lipinski definition) is 4. The number of hydrogen-bond donors (Lipinski definition) is 0. The molecule has 2 aromatic rings. The van der Waals surface area contributed by atoms with E-state index < -0.39 is 0 Å². The number of nitrogens with zero attached hydrogens (tertiary/aromatic N) is 2. The van der Waals surface area contributed by atoms with Crippen LogP contribution in [0.3, 0.4) is 0 Å². The van der Waals surface area contributed by atoms with Crippen molar-refractivity contribution in [2.45, 2.75) is 26.8 Å².